The number of rotatable bonds is 7. The standard InChI is InChI=1S/C18H22Si/c1-2-3-4-11-16-19(17-12-7-5-8-13-17)18-14-9-6-10-15-18/h2,5-10,12-15,19H,1,3-4,11,16H2. The van der Waals surface area contributed by atoms with Gasteiger partial charge in [-0.05, 0) is 6.42 Å². The third-order valence-electron chi connectivity index (χ3n) is 3.55. The third-order valence-corrected chi connectivity index (χ3v) is 6.92. The fourth-order valence-electron chi connectivity index (χ4n) is 2.53. The number of allylic oxidation sites excluding steroid dienone is 1. The molecule has 0 spiro atoms. The zero-order valence-electron chi connectivity index (χ0n) is 11.5. The molecule has 0 saturated carbocycles. The molecule has 0 aliphatic carbocycles. The van der Waals surface area contributed by atoms with Gasteiger partial charge in [-0.2, -0.15) is 0 Å². The molecule has 0 radical (unpaired) electrons. The van der Waals surface area contributed by atoms with Crippen molar-refractivity contribution in [2.45, 2.75) is 25.3 Å². The maximum Gasteiger partial charge on any atom is 0.103 e. The molecule has 0 nitrogen and oxygen atoms in total. The molecule has 0 unspecified atom stereocenters. The van der Waals surface area contributed by atoms with Crippen LogP contribution in [0.25, 0.3) is 0 Å². The molecular formula is C18H22Si. The van der Waals surface area contributed by atoms with E-state index in [9.17, 15) is 0 Å². The van der Waals surface area contributed by atoms with Crippen LogP contribution < -0.4 is 10.4 Å². The van der Waals surface area contributed by atoms with E-state index in [4.69, 9.17) is 0 Å². The average Bonchev–Trinajstić information content (AvgIpc) is 2.49. The van der Waals surface area contributed by atoms with Crippen LogP contribution in [-0.2, 0) is 0 Å². The molecule has 0 aromatic heterocycles. The monoisotopic (exact) mass is 266 g/mol. The van der Waals surface area contributed by atoms with E-state index in [0.717, 1.165) is 6.42 Å². The average molecular weight is 266 g/mol. The van der Waals surface area contributed by atoms with Crippen LogP contribution in [0, 0.1) is 0 Å². The van der Waals surface area contributed by atoms with Crippen LogP contribution in [0.3, 0.4) is 0 Å². The summed E-state index contributed by atoms with van der Waals surface area (Å²) in [5, 5.41) is 3.12. The molecule has 0 aliphatic heterocycles. The molecular weight excluding hydrogens is 244 g/mol. The Morgan fingerprint density at radius 2 is 1.32 bits per heavy atom. The van der Waals surface area contributed by atoms with Gasteiger partial charge in [-0.15, -0.1) is 6.58 Å². The fourth-order valence-corrected chi connectivity index (χ4v) is 5.66. The lowest BCUT2D eigenvalue weighted by atomic mass is 10.2. The van der Waals surface area contributed by atoms with Crippen molar-refractivity contribution in [1.29, 1.82) is 0 Å². The second-order valence-electron chi connectivity index (χ2n) is 4.95. The van der Waals surface area contributed by atoms with Gasteiger partial charge in [0.1, 0.15) is 8.80 Å². The van der Waals surface area contributed by atoms with Gasteiger partial charge in [0.2, 0.25) is 0 Å². The van der Waals surface area contributed by atoms with Crippen LogP contribution in [0.2, 0.25) is 6.04 Å². The molecule has 0 fully saturated rings. The summed E-state index contributed by atoms with van der Waals surface area (Å²) >= 11 is 0. The Morgan fingerprint density at radius 3 is 1.79 bits per heavy atom. The molecule has 0 heterocycles. The van der Waals surface area contributed by atoms with Gasteiger partial charge >= 0.3 is 0 Å². The Bertz CT molecular complexity index is 436. The molecule has 1 heteroatoms. The van der Waals surface area contributed by atoms with Crippen molar-refractivity contribution in [2.75, 3.05) is 0 Å². The lowest BCUT2D eigenvalue weighted by molar-refractivity contribution is 0.811. The van der Waals surface area contributed by atoms with Gasteiger partial charge < -0.3 is 0 Å². The van der Waals surface area contributed by atoms with Crippen molar-refractivity contribution < 1.29 is 0 Å². The molecule has 0 amide bonds. The molecule has 19 heavy (non-hydrogen) atoms. The van der Waals surface area contributed by atoms with Crippen molar-refractivity contribution in [3.63, 3.8) is 0 Å². The zero-order valence-corrected chi connectivity index (χ0v) is 12.6. The van der Waals surface area contributed by atoms with Crippen molar-refractivity contribution in [3.8, 4) is 0 Å². The molecule has 2 aromatic carbocycles. The predicted molar refractivity (Wildman–Crippen MR) is 88.2 cm³/mol. The summed E-state index contributed by atoms with van der Waals surface area (Å²) in [6.45, 7) is 3.81. The third kappa shape index (κ3) is 4.21. The van der Waals surface area contributed by atoms with E-state index in [1.807, 2.05) is 6.08 Å². The quantitative estimate of drug-likeness (QED) is 0.409. The summed E-state index contributed by atoms with van der Waals surface area (Å²) in [4.78, 5) is 0. The van der Waals surface area contributed by atoms with E-state index in [0.29, 0.717) is 0 Å². The minimum Gasteiger partial charge on any atom is -0.103 e. The summed E-state index contributed by atoms with van der Waals surface area (Å²) in [6.07, 6.45) is 5.76. The summed E-state index contributed by atoms with van der Waals surface area (Å²) in [5.74, 6) is 0. The van der Waals surface area contributed by atoms with E-state index >= 15 is 0 Å². The SMILES string of the molecule is C=CCCCC[SiH](c1ccccc1)c1ccccc1. The Balaban J connectivity index is 2.12. The van der Waals surface area contributed by atoms with Crippen LogP contribution in [0.15, 0.2) is 73.3 Å². The number of unbranched alkanes of at least 4 members (excludes halogenated alkanes) is 2. The van der Waals surface area contributed by atoms with Gasteiger partial charge in [0.25, 0.3) is 0 Å². The Labute approximate surface area is 118 Å². The van der Waals surface area contributed by atoms with Gasteiger partial charge in [0.05, 0.1) is 0 Å². The minimum absolute atomic E-state index is 1.03. The summed E-state index contributed by atoms with van der Waals surface area (Å²) in [6, 6.07) is 23.5. The van der Waals surface area contributed by atoms with Gasteiger partial charge in [-0.25, -0.2) is 0 Å². The number of hydrogen-bond donors (Lipinski definition) is 0. The van der Waals surface area contributed by atoms with Crippen molar-refractivity contribution >= 4 is 19.2 Å². The smallest absolute Gasteiger partial charge is 0.103 e. The second-order valence-corrected chi connectivity index (χ2v) is 7.96. The van der Waals surface area contributed by atoms with Crippen LogP contribution in [0.5, 0.6) is 0 Å². The van der Waals surface area contributed by atoms with Crippen LogP contribution in [0.1, 0.15) is 19.3 Å². The molecule has 0 bridgehead atoms. The Morgan fingerprint density at radius 1 is 0.789 bits per heavy atom. The van der Waals surface area contributed by atoms with E-state index in [1.165, 1.54) is 18.9 Å². The summed E-state index contributed by atoms with van der Waals surface area (Å²) in [7, 11) is -1.03. The van der Waals surface area contributed by atoms with Crippen LogP contribution in [-0.4, -0.2) is 8.80 Å². The van der Waals surface area contributed by atoms with Crippen LogP contribution >= 0.6 is 0 Å². The molecule has 0 aliphatic rings. The predicted octanol–water partition coefficient (Wildman–Crippen LogP) is 3.38. The van der Waals surface area contributed by atoms with Gasteiger partial charge in [0.15, 0.2) is 0 Å². The molecule has 0 atom stereocenters. The van der Waals surface area contributed by atoms with Crippen molar-refractivity contribution in [3.05, 3.63) is 73.3 Å². The first-order chi connectivity index (χ1) is 9.42. The molecule has 0 saturated heterocycles. The summed E-state index contributed by atoms with van der Waals surface area (Å²) in [5.41, 5.74) is 0. The topological polar surface area (TPSA) is 0 Å². The minimum atomic E-state index is -1.03. The normalized spacial score (nSPS) is 10.6. The molecule has 2 rings (SSSR count). The van der Waals surface area contributed by atoms with E-state index in [1.54, 1.807) is 10.4 Å². The van der Waals surface area contributed by atoms with E-state index in [2.05, 4.69) is 67.2 Å². The van der Waals surface area contributed by atoms with Crippen LogP contribution in [0.4, 0.5) is 0 Å². The highest BCUT2D eigenvalue weighted by atomic mass is 28.3. The lowest BCUT2D eigenvalue weighted by Gasteiger charge is -2.16. The largest absolute Gasteiger partial charge is 0.103 e. The van der Waals surface area contributed by atoms with Crippen molar-refractivity contribution in [1.82, 2.24) is 0 Å². The number of hydrogen-bond acceptors (Lipinski definition) is 0. The fraction of sp³-hybridized carbons (Fsp3) is 0.222. The first kappa shape index (κ1) is 13.8. The lowest BCUT2D eigenvalue weighted by Crippen LogP contribution is -2.41. The second kappa shape index (κ2) is 7.75. The highest BCUT2D eigenvalue weighted by Crippen LogP contribution is 2.06. The van der Waals surface area contributed by atoms with Gasteiger partial charge in [0, 0.05) is 0 Å². The molecule has 2 aromatic rings. The maximum atomic E-state index is 3.81. The zero-order chi connectivity index (χ0) is 13.3. The first-order valence-electron chi connectivity index (χ1n) is 7.12. The van der Waals surface area contributed by atoms with E-state index in [-0.39, 0.29) is 0 Å². The van der Waals surface area contributed by atoms with Gasteiger partial charge in [-0.1, -0.05) is 96.0 Å². The Kier molecular flexibility index (Phi) is 5.64. The Hall–Kier alpha value is -1.60. The highest BCUT2D eigenvalue weighted by Gasteiger charge is 2.14. The maximum absolute atomic E-state index is 3.81. The van der Waals surface area contributed by atoms with Crippen molar-refractivity contribution in [2.24, 2.45) is 0 Å². The highest BCUT2D eigenvalue weighted by molar-refractivity contribution is 6.85. The molecule has 0 N–H and O–H groups in total. The first-order valence-corrected chi connectivity index (χ1v) is 9.09. The van der Waals surface area contributed by atoms with Gasteiger partial charge in [-0.3, -0.25) is 0 Å². The summed E-state index contributed by atoms with van der Waals surface area (Å²) < 4.78 is 0. The number of benzene rings is 2. The molecule has 98 valence electrons. The van der Waals surface area contributed by atoms with E-state index < -0.39 is 8.80 Å².